The number of anilines is 1. The van der Waals surface area contributed by atoms with Crippen LogP contribution in [0.5, 0.6) is 0 Å². The average molecular weight is 553 g/mol. The van der Waals surface area contributed by atoms with Gasteiger partial charge in [0, 0.05) is 61.8 Å². The third-order valence-electron chi connectivity index (χ3n) is 6.41. The molecule has 210 valence electrons. The number of hydrogen-bond acceptors (Lipinski definition) is 5. The molecule has 0 radical (unpaired) electrons. The van der Waals surface area contributed by atoms with E-state index in [1.807, 2.05) is 6.07 Å². The Balaban J connectivity index is 0.00000118. The zero-order valence-corrected chi connectivity index (χ0v) is 22.5. The van der Waals surface area contributed by atoms with E-state index in [-0.39, 0.29) is 10.9 Å². The van der Waals surface area contributed by atoms with Crippen LogP contribution in [0.25, 0.3) is 22.3 Å². The average Bonchev–Trinajstić information content (AvgIpc) is 3.33. The predicted molar refractivity (Wildman–Crippen MR) is 148 cm³/mol. The Labute approximate surface area is 229 Å². The monoisotopic (exact) mass is 552 g/mol. The number of hydrogen-bond donors (Lipinski definition) is 3. The first-order valence-electron chi connectivity index (χ1n) is 12.9. The molecule has 0 aliphatic carbocycles. The molecule has 0 bridgehead atoms. The molecule has 40 heavy (non-hydrogen) atoms. The van der Waals surface area contributed by atoms with Crippen LogP contribution < -0.4 is 11.1 Å². The lowest BCUT2D eigenvalue weighted by atomic mass is 9.97. The van der Waals surface area contributed by atoms with Crippen LogP contribution in [0.15, 0.2) is 53.8 Å². The van der Waals surface area contributed by atoms with E-state index < -0.39 is 29.0 Å². The summed E-state index contributed by atoms with van der Waals surface area (Å²) < 4.78 is 44.9. The van der Waals surface area contributed by atoms with Crippen molar-refractivity contribution in [3.8, 4) is 5.69 Å². The highest BCUT2D eigenvalue weighted by Gasteiger charge is 2.22. The molecule has 0 spiro atoms. The number of fused-ring (bicyclic) bond motifs is 1. The number of aromatic amines is 1. The number of nitrogens with two attached hydrogens (primary N) is 1. The molecule has 0 saturated carbocycles. The second kappa shape index (κ2) is 12.2. The molecule has 1 aliphatic heterocycles. The van der Waals surface area contributed by atoms with E-state index in [2.05, 4.69) is 33.7 Å². The minimum atomic E-state index is -1.39. The van der Waals surface area contributed by atoms with Crippen molar-refractivity contribution < 1.29 is 23.1 Å². The first-order chi connectivity index (χ1) is 19.2. The molecule has 0 saturated heterocycles. The molecule has 0 amide bonds. The lowest BCUT2D eigenvalue weighted by Crippen LogP contribution is -2.28. The fraction of sp³-hybridized carbons (Fsp3) is 0.276. The second-order valence-corrected chi connectivity index (χ2v) is 9.45. The summed E-state index contributed by atoms with van der Waals surface area (Å²) >= 11 is 0. The smallest absolute Gasteiger partial charge is 0.335 e. The number of benzene rings is 1. The summed E-state index contributed by atoms with van der Waals surface area (Å²) in [4.78, 5) is 24.7. The van der Waals surface area contributed by atoms with Crippen molar-refractivity contribution in [2.45, 2.75) is 33.2 Å². The van der Waals surface area contributed by atoms with Crippen molar-refractivity contribution in [2.24, 2.45) is 4.99 Å². The normalized spacial score (nSPS) is 14.2. The summed E-state index contributed by atoms with van der Waals surface area (Å²) in [6.07, 6.45) is 6.29. The molecule has 1 aliphatic rings. The van der Waals surface area contributed by atoms with Gasteiger partial charge in [0.15, 0.2) is 5.82 Å². The van der Waals surface area contributed by atoms with Crippen LogP contribution >= 0.6 is 0 Å². The highest BCUT2D eigenvalue weighted by atomic mass is 19.1. The Hall–Kier alpha value is -4.38. The van der Waals surface area contributed by atoms with Crippen LogP contribution in [-0.2, 0) is 6.54 Å². The van der Waals surface area contributed by atoms with E-state index in [4.69, 9.17) is 10.8 Å². The van der Waals surface area contributed by atoms with Crippen molar-refractivity contribution in [1.29, 1.82) is 0 Å². The van der Waals surface area contributed by atoms with Gasteiger partial charge in [0.05, 0.1) is 16.6 Å². The Morgan fingerprint density at radius 2 is 1.85 bits per heavy atom. The van der Waals surface area contributed by atoms with E-state index in [1.165, 1.54) is 25.7 Å². The largest absolute Gasteiger partial charge is 0.478 e. The van der Waals surface area contributed by atoms with Crippen molar-refractivity contribution >= 4 is 28.4 Å². The minimum Gasteiger partial charge on any atom is -0.478 e. The fourth-order valence-electron chi connectivity index (χ4n) is 4.60. The van der Waals surface area contributed by atoms with E-state index in [0.29, 0.717) is 48.8 Å². The molecule has 0 unspecified atom stereocenters. The van der Waals surface area contributed by atoms with Crippen LogP contribution in [0.4, 0.5) is 19.0 Å². The van der Waals surface area contributed by atoms with Crippen molar-refractivity contribution in [3.05, 3.63) is 88.4 Å². The van der Waals surface area contributed by atoms with E-state index in [1.54, 1.807) is 22.9 Å². The number of pyridine rings is 2. The van der Waals surface area contributed by atoms with Gasteiger partial charge in [0.1, 0.15) is 23.1 Å². The van der Waals surface area contributed by atoms with Gasteiger partial charge in [-0.25, -0.2) is 22.9 Å². The van der Waals surface area contributed by atoms with Crippen LogP contribution in [0, 0.1) is 17.5 Å². The minimum absolute atomic E-state index is 0.170. The summed E-state index contributed by atoms with van der Waals surface area (Å²) in [5.74, 6) is -3.34. The van der Waals surface area contributed by atoms with Gasteiger partial charge in [-0.05, 0) is 36.3 Å². The van der Waals surface area contributed by atoms with E-state index >= 15 is 0 Å². The number of carbonyl (C=O) groups is 1. The van der Waals surface area contributed by atoms with E-state index in [9.17, 15) is 18.0 Å². The molecule has 11 heteroatoms. The van der Waals surface area contributed by atoms with Crippen molar-refractivity contribution in [2.75, 3.05) is 25.9 Å². The van der Waals surface area contributed by atoms with E-state index in [0.717, 1.165) is 23.2 Å². The summed E-state index contributed by atoms with van der Waals surface area (Å²) in [6, 6.07) is 6.80. The second-order valence-electron chi connectivity index (χ2n) is 9.45. The van der Waals surface area contributed by atoms with Gasteiger partial charge in [-0.3, -0.25) is 14.5 Å². The molecular weight excluding hydrogens is 521 g/mol. The lowest BCUT2D eigenvalue weighted by Gasteiger charge is -2.26. The Bertz CT molecular complexity index is 1630. The maximum absolute atomic E-state index is 14.5. The Kier molecular flexibility index (Phi) is 8.73. The number of carboxylic acid groups (broad SMARTS) is 1. The molecule has 0 atom stereocenters. The fourth-order valence-corrected chi connectivity index (χ4v) is 4.60. The van der Waals surface area contributed by atoms with Crippen molar-refractivity contribution in [1.82, 2.24) is 19.4 Å². The topological polar surface area (TPSA) is 113 Å². The Morgan fingerprint density at radius 3 is 2.45 bits per heavy atom. The highest BCUT2D eigenvalue weighted by molar-refractivity contribution is 5.88. The molecule has 4 aromatic rings. The number of aromatic nitrogens is 3. The number of nitrogens with zero attached hydrogens (tertiary/aromatic N) is 4. The SMILES string of the molecule is CCC.CN=c1cc(N)n(-c2ccnc3[nH]c(CN4CC=C(c5c(F)cc(C(=O)O)cc5F)CC4)cc23)cc1F. The summed E-state index contributed by atoms with van der Waals surface area (Å²) in [7, 11) is 1.49. The quantitative estimate of drug-likeness (QED) is 0.312. The van der Waals surface area contributed by atoms with Crippen LogP contribution in [-0.4, -0.2) is 50.6 Å². The zero-order valence-electron chi connectivity index (χ0n) is 22.5. The summed E-state index contributed by atoms with van der Waals surface area (Å²) in [5, 5.41) is 9.93. The molecule has 0 fully saturated rings. The van der Waals surface area contributed by atoms with Gasteiger partial charge in [-0.2, -0.15) is 0 Å². The first-order valence-corrected chi connectivity index (χ1v) is 12.9. The summed E-state index contributed by atoms with van der Waals surface area (Å²) in [5.41, 5.74) is 8.17. The molecule has 4 heterocycles. The third-order valence-corrected chi connectivity index (χ3v) is 6.41. The summed E-state index contributed by atoms with van der Waals surface area (Å²) in [6.45, 7) is 5.75. The number of rotatable bonds is 5. The number of H-pyrrole nitrogens is 1. The standard InChI is InChI=1S/C26H23F3N6O2.C3H8/c1-31-21-11-23(30)35(13-20(21)29)22-2-5-32-25-17(22)10-16(33-25)12-34-6-3-14(4-7-34)24-18(27)8-15(26(36)37)9-19(24)28;1-3-2/h2-3,5,8-11,13H,4,6-7,12,30H2,1H3,(H,32,33)(H,36,37);3H2,1-2H3. The van der Waals surface area contributed by atoms with Gasteiger partial charge in [0.25, 0.3) is 0 Å². The highest BCUT2D eigenvalue weighted by Crippen LogP contribution is 2.30. The number of carboxylic acids is 1. The van der Waals surface area contributed by atoms with Gasteiger partial charge >= 0.3 is 5.97 Å². The van der Waals surface area contributed by atoms with Gasteiger partial charge in [-0.1, -0.05) is 26.3 Å². The lowest BCUT2D eigenvalue weighted by molar-refractivity contribution is 0.0695. The maximum atomic E-state index is 14.5. The molecule has 1 aromatic carbocycles. The molecule has 5 rings (SSSR count). The third kappa shape index (κ3) is 5.94. The number of nitrogens with one attached hydrogen (secondary N) is 1. The van der Waals surface area contributed by atoms with Crippen LogP contribution in [0.2, 0.25) is 0 Å². The molecular formula is C29H31F3N6O2. The zero-order chi connectivity index (χ0) is 29.0. The molecule has 4 N–H and O–H groups in total. The Morgan fingerprint density at radius 1 is 1.15 bits per heavy atom. The van der Waals surface area contributed by atoms with Crippen LogP contribution in [0.1, 0.15) is 48.3 Å². The molecule has 8 nitrogen and oxygen atoms in total. The van der Waals surface area contributed by atoms with Gasteiger partial charge in [0.2, 0.25) is 0 Å². The predicted octanol–water partition coefficient (Wildman–Crippen LogP) is 5.29. The molecule has 3 aromatic heterocycles. The van der Waals surface area contributed by atoms with Crippen molar-refractivity contribution in [3.63, 3.8) is 0 Å². The number of nitrogen functional groups attached to an aromatic ring is 1. The number of aromatic carboxylic acids is 1. The van der Waals surface area contributed by atoms with Crippen LogP contribution in [0.3, 0.4) is 0 Å². The first kappa shape index (κ1) is 28.6. The van der Waals surface area contributed by atoms with Gasteiger partial charge in [-0.15, -0.1) is 0 Å². The number of halogens is 3. The maximum Gasteiger partial charge on any atom is 0.335 e. The van der Waals surface area contributed by atoms with Gasteiger partial charge < -0.3 is 15.8 Å².